The quantitative estimate of drug-likeness (QED) is 0.554. The highest BCUT2D eigenvalue weighted by atomic mass is 16.5. The lowest BCUT2D eigenvalue weighted by Gasteiger charge is -2.29. The second-order valence-electron chi connectivity index (χ2n) is 8.25. The van der Waals surface area contributed by atoms with Gasteiger partial charge in [-0.05, 0) is 48.7 Å². The lowest BCUT2D eigenvalue weighted by Crippen LogP contribution is -2.36. The summed E-state index contributed by atoms with van der Waals surface area (Å²) in [7, 11) is 0. The van der Waals surface area contributed by atoms with Crippen molar-refractivity contribution in [3.8, 4) is 16.8 Å². The molecule has 1 aliphatic carbocycles. The van der Waals surface area contributed by atoms with Crippen molar-refractivity contribution in [3.63, 3.8) is 0 Å². The molecule has 0 spiro atoms. The van der Waals surface area contributed by atoms with Crippen LogP contribution in [0.4, 0.5) is 5.69 Å². The highest BCUT2D eigenvalue weighted by molar-refractivity contribution is 5.83. The van der Waals surface area contributed by atoms with Crippen LogP contribution in [-0.2, 0) is 4.74 Å². The fraction of sp³-hybridized carbons (Fsp3) is 0.292. The molecule has 1 aliphatic heterocycles. The Morgan fingerprint density at radius 2 is 1.84 bits per heavy atom. The van der Waals surface area contributed by atoms with Gasteiger partial charge in [-0.1, -0.05) is 12.1 Å². The molecule has 2 fully saturated rings. The van der Waals surface area contributed by atoms with Crippen LogP contribution < -0.4 is 10.5 Å². The van der Waals surface area contributed by atoms with Gasteiger partial charge in [-0.3, -0.25) is 4.79 Å². The highest BCUT2D eigenvalue weighted by Crippen LogP contribution is 2.38. The number of morpholine rings is 1. The van der Waals surface area contributed by atoms with Crippen molar-refractivity contribution in [1.82, 2.24) is 19.7 Å². The number of nitrogens with zero attached hydrogens (tertiary/aromatic N) is 4. The molecule has 7 nitrogen and oxygen atoms in total. The van der Waals surface area contributed by atoms with Crippen molar-refractivity contribution >= 4 is 16.6 Å². The van der Waals surface area contributed by atoms with Crippen molar-refractivity contribution in [2.75, 3.05) is 31.2 Å². The van der Waals surface area contributed by atoms with Gasteiger partial charge in [0.05, 0.1) is 36.0 Å². The summed E-state index contributed by atoms with van der Waals surface area (Å²) >= 11 is 0. The Balaban J connectivity index is 1.33. The first-order valence-corrected chi connectivity index (χ1v) is 10.8. The zero-order valence-corrected chi connectivity index (χ0v) is 17.1. The van der Waals surface area contributed by atoms with E-state index in [4.69, 9.17) is 9.72 Å². The number of aromatic amines is 1. The van der Waals surface area contributed by atoms with E-state index >= 15 is 0 Å². The van der Waals surface area contributed by atoms with E-state index in [1.165, 1.54) is 5.69 Å². The van der Waals surface area contributed by atoms with Crippen LogP contribution >= 0.6 is 0 Å². The van der Waals surface area contributed by atoms with Crippen LogP contribution in [0.15, 0.2) is 59.7 Å². The number of H-pyrrole nitrogens is 1. The number of rotatable bonds is 4. The molecule has 156 valence electrons. The van der Waals surface area contributed by atoms with Gasteiger partial charge < -0.3 is 14.6 Å². The SMILES string of the molecule is O=c1[nH]c(C2CC2)nc2cc(-c3cnn(-c4cccc(N5CCOCC5)c4)c3)ccc12. The minimum atomic E-state index is -0.0610. The summed E-state index contributed by atoms with van der Waals surface area (Å²) in [6, 6.07) is 14.2. The van der Waals surface area contributed by atoms with Crippen LogP contribution in [0, 0.1) is 0 Å². The van der Waals surface area contributed by atoms with Crippen molar-refractivity contribution in [1.29, 1.82) is 0 Å². The molecule has 0 bridgehead atoms. The van der Waals surface area contributed by atoms with Crippen LogP contribution in [0.2, 0.25) is 0 Å². The topological polar surface area (TPSA) is 76.0 Å². The maximum Gasteiger partial charge on any atom is 0.258 e. The summed E-state index contributed by atoms with van der Waals surface area (Å²) in [6.45, 7) is 3.33. The van der Waals surface area contributed by atoms with Crippen molar-refractivity contribution in [3.05, 3.63) is 71.0 Å². The fourth-order valence-electron chi connectivity index (χ4n) is 4.15. The van der Waals surface area contributed by atoms with E-state index in [0.717, 1.165) is 67.3 Å². The standard InChI is InChI=1S/C24H23N5O2/c30-24-21-7-6-17(12-22(21)26-23(27-24)16-4-5-16)18-14-25-29(15-18)20-3-1-2-19(13-20)28-8-10-31-11-9-28/h1-3,6-7,12-16H,4-5,8-11H2,(H,26,27,30). The van der Waals surface area contributed by atoms with Crippen LogP contribution in [-0.4, -0.2) is 46.1 Å². The van der Waals surface area contributed by atoms with Gasteiger partial charge in [0.25, 0.3) is 5.56 Å². The number of nitrogens with one attached hydrogen (secondary N) is 1. The zero-order chi connectivity index (χ0) is 20.8. The van der Waals surface area contributed by atoms with Crippen LogP contribution in [0.25, 0.3) is 27.7 Å². The van der Waals surface area contributed by atoms with Gasteiger partial charge in [0.15, 0.2) is 0 Å². The van der Waals surface area contributed by atoms with Crippen LogP contribution in [0.1, 0.15) is 24.6 Å². The highest BCUT2D eigenvalue weighted by Gasteiger charge is 2.26. The Hall–Kier alpha value is -3.45. The monoisotopic (exact) mass is 413 g/mol. The summed E-state index contributed by atoms with van der Waals surface area (Å²) in [5.74, 6) is 1.22. The summed E-state index contributed by atoms with van der Waals surface area (Å²) in [5, 5.41) is 5.21. The van der Waals surface area contributed by atoms with Gasteiger partial charge in [-0.15, -0.1) is 0 Å². The summed E-state index contributed by atoms with van der Waals surface area (Å²) in [5.41, 5.74) is 4.87. The Labute approximate surface area is 179 Å². The van der Waals surface area contributed by atoms with Crippen LogP contribution in [0.5, 0.6) is 0 Å². The molecule has 1 saturated carbocycles. The molecule has 4 aromatic rings. The molecule has 6 rings (SSSR count). The van der Waals surface area contributed by atoms with E-state index in [9.17, 15) is 4.79 Å². The maximum absolute atomic E-state index is 12.4. The third-order valence-electron chi connectivity index (χ3n) is 6.08. The Morgan fingerprint density at radius 1 is 1.00 bits per heavy atom. The second-order valence-corrected chi connectivity index (χ2v) is 8.25. The average molecular weight is 413 g/mol. The largest absolute Gasteiger partial charge is 0.378 e. The van der Waals surface area contributed by atoms with Crippen molar-refractivity contribution in [2.45, 2.75) is 18.8 Å². The maximum atomic E-state index is 12.4. The smallest absolute Gasteiger partial charge is 0.258 e. The third kappa shape index (κ3) is 3.51. The first-order chi connectivity index (χ1) is 15.2. The number of anilines is 1. The molecule has 2 aromatic carbocycles. The first-order valence-electron chi connectivity index (χ1n) is 10.8. The molecule has 0 unspecified atom stereocenters. The molecular weight excluding hydrogens is 390 g/mol. The molecule has 2 aliphatic rings. The number of ether oxygens (including phenoxy) is 1. The zero-order valence-electron chi connectivity index (χ0n) is 17.1. The summed E-state index contributed by atoms with van der Waals surface area (Å²) < 4.78 is 7.36. The Bertz CT molecular complexity index is 1320. The Kier molecular flexibility index (Phi) is 4.35. The van der Waals surface area contributed by atoms with E-state index < -0.39 is 0 Å². The lowest BCUT2D eigenvalue weighted by molar-refractivity contribution is 0.122. The molecule has 7 heteroatoms. The van der Waals surface area contributed by atoms with Gasteiger partial charge in [0.2, 0.25) is 0 Å². The molecule has 0 atom stereocenters. The average Bonchev–Trinajstić information content (AvgIpc) is 3.55. The number of hydrogen-bond acceptors (Lipinski definition) is 5. The summed E-state index contributed by atoms with van der Waals surface area (Å²) in [6.07, 6.45) is 6.08. The minimum Gasteiger partial charge on any atom is -0.378 e. The summed E-state index contributed by atoms with van der Waals surface area (Å²) in [4.78, 5) is 22.4. The number of benzene rings is 2. The van der Waals surface area contributed by atoms with Crippen LogP contribution in [0.3, 0.4) is 0 Å². The molecule has 31 heavy (non-hydrogen) atoms. The molecule has 1 N–H and O–H groups in total. The normalized spacial score (nSPS) is 16.7. The van der Waals surface area contributed by atoms with E-state index in [1.54, 1.807) is 0 Å². The second kappa shape index (κ2) is 7.35. The molecule has 0 radical (unpaired) electrons. The Morgan fingerprint density at radius 3 is 2.68 bits per heavy atom. The molecule has 0 amide bonds. The van der Waals surface area contributed by atoms with Crippen molar-refractivity contribution in [2.24, 2.45) is 0 Å². The van der Waals surface area contributed by atoms with Gasteiger partial charge >= 0.3 is 0 Å². The van der Waals surface area contributed by atoms with Crippen molar-refractivity contribution < 1.29 is 4.74 Å². The molecular formula is C24H23N5O2. The fourth-order valence-corrected chi connectivity index (χ4v) is 4.15. The van der Waals surface area contributed by atoms with Gasteiger partial charge in [0, 0.05) is 36.5 Å². The van der Waals surface area contributed by atoms with Gasteiger partial charge in [-0.2, -0.15) is 5.10 Å². The number of hydrogen-bond donors (Lipinski definition) is 1. The first kappa shape index (κ1) is 18.3. The van der Waals surface area contributed by atoms with Gasteiger partial charge in [-0.25, -0.2) is 9.67 Å². The molecule has 3 heterocycles. The lowest BCUT2D eigenvalue weighted by atomic mass is 10.1. The number of aromatic nitrogens is 4. The van der Waals surface area contributed by atoms with E-state index in [-0.39, 0.29) is 5.56 Å². The van der Waals surface area contributed by atoms with Gasteiger partial charge in [0.1, 0.15) is 5.82 Å². The molecule has 2 aromatic heterocycles. The predicted octanol–water partition coefficient (Wildman–Crippen LogP) is 3.49. The third-order valence-corrected chi connectivity index (χ3v) is 6.08. The minimum absolute atomic E-state index is 0.0610. The van der Waals surface area contributed by atoms with E-state index in [1.807, 2.05) is 35.3 Å². The van der Waals surface area contributed by atoms with E-state index in [0.29, 0.717) is 11.3 Å². The van der Waals surface area contributed by atoms with E-state index in [2.05, 4.69) is 39.2 Å². The predicted molar refractivity (Wildman–Crippen MR) is 120 cm³/mol. The molecule has 1 saturated heterocycles. The number of fused-ring (bicyclic) bond motifs is 1.